The van der Waals surface area contributed by atoms with Crippen LogP contribution >= 0.6 is 0 Å². The maximum atomic E-state index is 13.9. The van der Waals surface area contributed by atoms with Crippen molar-refractivity contribution in [2.24, 2.45) is 0 Å². The van der Waals surface area contributed by atoms with E-state index in [2.05, 4.69) is 0 Å². The topological polar surface area (TPSA) is 59.1 Å². The van der Waals surface area contributed by atoms with E-state index in [4.69, 9.17) is 9.47 Å². The van der Waals surface area contributed by atoms with Gasteiger partial charge in [0.25, 0.3) is 0 Å². The Balaban J connectivity index is 1.58. The number of epoxide rings is 1. The Morgan fingerprint density at radius 2 is 1.53 bits per heavy atom. The quantitative estimate of drug-likeness (QED) is 0.346. The molecule has 0 saturated carbocycles. The number of nitrogens with zero attached hydrogens (tertiary/aromatic N) is 1. The van der Waals surface area contributed by atoms with E-state index >= 15 is 0 Å². The van der Waals surface area contributed by atoms with E-state index in [0.29, 0.717) is 35.9 Å². The van der Waals surface area contributed by atoms with Gasteiger partial charge in [-0.3, -0.25) is 0 Å². The van der Waals surface area contributed by atoms with Crippen LogP contribution in [0, 0.1) is 0 Å². The molecule has 1 heterocycles. The fourth-order valence-electron chi connectivity index (χ4n) is 3.77. The fraction of sp³-hybridized carbons (Fsp3) is 0.154. The lowest BCUT2D eigenvalue weighted by Gasteiger charge is -2.26. The monoisotopic (exact) mass is 445 g/mol. The van der Waals surface area contributed by atoms with Gasteiger partial charge in [0.05, 0.1) is 23.7 Å². The minimum absolute atomic E-state index is 0.0937. The Labute approximate surface area is 187 Å². The third-order valence-electron chi connectivity index (χ3n) is 5.39. The summed E-state index contributed by atoms with van der Waals surface area (Å²) in [5.41, 5.74) is 1.84. The summed E-state index contributed by atoms with van der Waals surface area (Å²) in [5.74, 6) is 0.379. The summed E-state index contributed by atoms with van der Waals surface area (Å²) < 4.78 is 40.3. The van der Waals surface area contributed by atoms with Crippen molar-refractivity contribution in [1.82, 2.24) is 0 Å². The second kappa shape index (κ2) is 8.65. The molecule has 1 aliphatic heterocycles. The predicted octanol–water partition coefficient (Wildman–Crippen LogP) is 5.29. The molecule has 1 unspecified atom stereocenters. The highest BCUT2D eigenvalue weighted by Crippen LogP contribution is 2.36. The molecular weight excluding hydrogens is 422 g/mol. The van der Waals surface area contributed by atoms with Gasteiger partial charge in [0.15, 0.2) is 0 Å². The zero-order valence-corrected chi connectivity index (χ0v) is 18.2. The van der Waals surface area contributed by atoms with Crippen molar-refractivity contribution in [1.29, 1.82) is 0 Å². The van der Waals surface area contributed by atoms with Crippen LogP contribution in [0.15, 0.2) is 97.1 Å². The zero-order chi connectivity index (χ0) is 22.0. The summed E-state index contributed by atoms with van der Waals surface area (Å²) in [5, 5.41) is 1.85. The van der Waals surface area contributed by atoms with Gasteiger partial charge in [0.1, 0.15) is 18.5 Å². The van der Waals surface area contributed by atoms with Gasteiger partial charge in [-0.25, -0.2) is 12.7 Å². The highest BCUT2D eigenvalue weighted by atomic mass is 32.2. The molecule has 1 saturated heterocycles. The average molecular weight is 446 g/mol. The van der Waals surface area contributed by atoms with E-state index < -0.39 is 10.0 Å². The molecule has 6 heteroatoms. The van der Waals surface area contributed by atoms with Gasteiger partial charge in [0.2, 0.25) is 10.0 Å². The molecule has 32 heavy (non-hydrogen) atoms. The number of hydrogen-bond donors (Lipinski definition) is 0. The van der Waals surface area contributed by atoms with Crippen LogP contribution in [-0.2, 0) is 20.5 Å². The number of hydrogen-bond acceptors (Lipinski definition) is 4. The highest BCUT2D eigenvalue weighted by molar-refractivity contribution is 7.92. The molecule has 5 nitrogen and oxygen atoms in total. The molecule has 1 atom stereocenters. The molecule has 0 amide bonds. The minimum atomic E-state index is -3.80. The molecule has 5 rings (SSSR count). The molecule has 1 fully saturated rings. The van der Waals surface area contributed by atoms with Gasteiger partial charge < -0.3 is 9.47 Å². The highest BCUT2D eigenvalue weighted by Gasteiger charge is 2.28. The number of rotatable bonds is 8. The third-order valence-corrected chi connectivity index (χ3v) is 7.03. The lowest BCUT2D eigenvalue weighted by Crippen LogP contribution is -2.28. The van der Waals surface area contributed by atoms with Gasteiger partial charge >= 0.3 is 0 Å². The molecule has 1 aliphatic rings. The maximum Gasteiger partial charge on any atom is 0.243 e. The molecule has 0 spiro atoms. The van der Waals surface area contributed by atoms with Crippen molar-refractivity contribution >= 4 is 32.2 Å². The van der Waals surface area contributed by atoms with E-state index in [0.717, 1.165) is 10.8 Å². The zero-order valence-electron chi connectivity index (χ0n) is 17.4. The van der Waals surface area contributed by atoms with Crippen LogP contribution in [0.3, 0.4) is 0 Å². The number of benzene rings is 4. The minimum Gasteiger partial charge on any atom is -0.490 e. The third kappa shape index (κ3) is 4.33. The number of fused-ring (bicyclic) bond motifs is 1. The summed E-state index contributed by atoms with van der Waals surface area (Å²) in [6.45, 7) is 1.10. The van der Waals surface area contributed by atoms with Crippen molar-refractivity contribution in [3.05, 3.63) is 103 Å². The number of ether oxygens (including phenoxy) is 2. The molecule has 0 bridgehead atoms. The Morgan fingerprint density at radius 1 is 0.844 bits per heavy atom. The predicted molar refractivity (Wildman–Crippen MR) is 127 cm³/mol. The second-order valence-electron chi connectivity index (χ2n) is 7.73. The van der Waals surface area contributed by atoms with E-state index in [1.807, 2.05) is 84.9 Å². The molecule has 0 aromatic heterocycles. The summed E-state index contributed by atoms with van der Waals surface area (Å²) in [4.78, 5) is 0. The van der Waals surface area contributed by atoms with Crippen LogP contribution in [0.2, 0.25) is 0 Å². The number of sulfonamides is 1. The van der Waals surface area contributed by atoms with Crippen LogP contribution in [0.5, 0.6) is 5.75 Å². The van der Waals surface area contributed by atoms with E-state index in [9.17, 15) is 8.42 Å². The van der Waals surface area contributed by atoms with Gasteiger partial charge in [-0.1, -0.05) is 72.8 Å². The first kappa shape index (κ1) is 20.5. The molecule has 4 aromatic carbocycles. The van der Waals surface area contributed by atoms with E-state index in [1.54, 1.807) is 12.1 Å². The van der Waals surface area contributed by atoms with Crippen molar-refractivity contribution in [2.45, 2.75) is 11.9 Å². The van der Waals surface area contributed by atoms with Crippen LogP contribution in [0.4, 0.5) is 11.4 Å². The largest absolute Gasteiger partial charge is 0.490 e. The van der Waals surface area contributed by atoms with Gasteiger partial charge in [0, 0.05) is 10.9 Å². The molecule has 4 aromatic rings. The second-order valence-corrected chi connectivity index (χ2v) is 9.55. The van der Waals surface area contributed by atoms with Crippen molar-refractivity contribution < 1.29 is 17.9 Å². The van der Waals surface area contributed by atoms with E-state index in [1.165, 1.54) is 4.31 Å². The Bertz CT molecular complexity index is 1330. The summed E-state index contributed by atoms with van der Waals surface area (Å²) >= 11 is 0. The average Bonchev–Trinajstić information content (AvgIpc) is 3.64. The Hall–Kier alpha value is -3.35. The van der Waals surface area contributed by atoms with Gasteiger partial charge in [-0.05, 0) is 29.7 Å². The molecule has 0 aliphatic carbocycles. The summed E-state index contributed by atoms with van der Waals surface area (Å²) in [7, 11) is -3.80. The normalized spacial score (nSPS) is 15.4. The summed E-state index contributed by atoms with van der Waals surface area (Å²) in [6, 6.07) is 30.0. The van der Waals surface area contributed by atoms with Crippen molar-refractivity contribution in [3.63, 3.8) is 0 Å². The first-order valence-corrected chi connectivity index (χ1v) is 12.1. The van der Waals surface area contributed by atoms with Crippen LogP contribution in [0.25, 0.3) is 10.8 Å². The lowest BCUT2D eigenvalue weighted by molar-refractivity contribution is 0.261. The van der Waals surface area contributed by atoms with Crippen molar-refractivity contribution in [2.75, 3.05) is 17.5 Å². The first-order valence-electron chi connectivity index (χ1n) is 10.5. The van der Waals surface area contributed by atoms with Crippen LogP contribution < -0.4 is 9.04 Å². The number of para-hydroxylation sites is 2. The van der Waals surface area contributed by atoms with E-state index in [-0.39, 0.29) is 11.9 Å². The van der Waals surface area contributed by atoms with Crippen LogP contribution in [0.1, 0.15) is 5.56 Å². The summed E-state index contributed by atoms with van der Waals surface area (Å²) in [6.07, 6.45) is 0.0937. The smallest absolute Gasteiger partial charge is 0.243 e. The van der Waals surface area contributed by atoms with Gasteiger partial charge in [-0.2, -0.15) is 0 Å². The maximum absolute atomic E-state index is 13.9. The Morgan fingerprint density at radius 3 is 2.34 bits per heavy atom. The lowest BCUT2D eigenvalue weighted by atomic mass is 10.1. The molecular formula is C26H23NO4S. The van der Waals surface area contributed by atoms with Crippen LogP contribution in [-0.4, -0.2) is 27.7 Å². The Kier molecular flexibility index (Phi) is 5.55. The molecule has 0 radical (unpaired) electrons. The first-order chi connectivity index (χ1) is 15.6. The molecule has 0 N–H and O–H groups in total. The number of anilines is 2. The SMILES string of the molecule is O=S(=O)(Cc1ccccc1OCC1CO1)N(c1ccccc1)c1cccc2ccccc12. The van der Waals surface area contributed by atoms with Gasteiger partial charge in [-0.15, -0.1) is 0 Å². The fourth-order valence-corrected chi connectivity index (χ4v) is 5.43. The molecule has 162 valence electrons. The standard InChI is InChI=1S/C26H23NO4S/c28-32(29,19-21-10-5-7-16-26(21)31-18-23-17-30-23)27(22-12-2-1-3-13-22)25-15-8-11-20-9-4-6-14-24(20)25/h1-16,23H,17-19H2. The van der Waals surface area contributed by atoms with Crippen molar-refractivity contribution in [3.8, 4) is 5.75 Å².